The van der Waals surface area contributed by atoms with Gasteiger partial charge in [-0.3, -0.25) is 0 Å². The molecular formula is C8H18S. The van der Waals surface area contributed by atoms with Crippen molar-refractivity contribution in [2.45, 2.75) is 39.4 Å². The van der Waals surface area contributed by atoms with Crippen LogP contribution in [-0.2, 0) is 0 Å². The van der Waals surface area contributed by atoms with Crippen molar-refractivity contribution in [3.05, 3.63) is 0 Å². The standard InChI is InChI=1S/C8H18S/c1-6(2)7(3)8(4,5)9/h6-7,9H,1-5H3. The van der Waals surface area contributed by atoms with Crippen LogP contribution in [-0.4, -0.2) is 4.75 Å². The van der Waals surface area contributed by atoms with E-state index in [0.29, 0.717) is 5.92 Å². The normalized spacial score (nSPS) is 16.3. The third kappa shape index (κ3) is 3.14. The van der Waals surface area contributed by atoms with Crippen molar-refractivity contribution in [1.82, 2.24) is 0 Å². The number of thiol groups is 1. The highest BCUT2D eigenvalue weighted by atomic mass is 32.1. The highest BCUT2D eigenvalue weighted by Gasteiger charge is 2.23. The molecule has 0 radical (unpaired) electrons. The van der Waals surface area contributed by atoms with Crippen molar-refractivity contribution in [2.24, 2.45) is 11.8 Å². The molecule has 0 spiro atoms. The predicted molar refractivity (Wildman–Crippen MR) is 47.1 cm³/mol. The fourth-order valence-electron chi connectivity index (χ4n) is 0.816. The summed E-state index contributed by atoms with van der Waals surface area (Å²) in [6, 6.07) is 0. The van der Waals surface area contributed by atoms with Gasteiger partial charge in [-0.2, -0.15) is 12.6 Å². The van der Waals surface area contributed by atoms with Crippen LogP contribution in [0.5, 0.6) is 0 Å². The first kappa shape index (κ1) is 9.35. The van der Waals surface area contributed by atoms with Crippen molar-refractivity contribution < 1.29 is 0 Å². The Balaban J connectivity index is 3.88. The van der Waals surface area contributed by atoms with Gasteiger partial charge in [-0.05, 0) is 11.8 Å². The van der Waals surface area contributed by atoms with Gasteiger partial charge in [0, 0.05) is 4.75 Å². The molecule has 0 aromatic carbocycles. The van der Waals surface area contributed by atoms with E-state index < -0.39 is 0 Å². The lowest BCUT2D eigenvalue weighted by atomic mass is 9.87. The lowest BCUT2D eigenvalue weighted by Gasteiger charge is -2.29. The Kier molecular flexibility index (Phi) is 3.07. The third-order valence-electron chi connectivity index (χ3n) is 2.11. The molecular weight excluding hydrogens is 128 g/mol. The summed E-state index contributed by atoms with van der Waals surface area (Å²) >= 11 is 4.49. The molecule has 0 bridgehead atoms. The molecule has 1 heteroatoms. The second-order valence-corrected chi connectivity index (χ2v) is 4.84. The highest BCUT2D eigenvalue weighted by molar-refractivity contribution is 7.81. The van der Waals surface area contributed by atoms with Crippen LogP contribution >= 0.6 is 12.6 Å². The zero-order valence-corrected chi connectivity index (χ0v) is 8.00. The summed E-state index contributed by atoms with van der Waals surface area (Å²) in [5, 5.41) is 0. The van der Waals surface area contributed by atoms with Crippen molar-refractivity contribution in [2.75, 3.05) is 0 Å². The summed E-state index contributed by atoms with van der Waals surface area (Å²) in [7, 11) is 0. The van der Waals surface area contributed by atoms with Gasteiger partial charge in [0.2, 0.25) is 0 Å². The molecule has 1 atom stereocenters. The van der Waals surface area contributed by atoms with Crippen molar-refractivity contribution >= 4 is 12.6 Å². The van der Waals surface area contributed by atoms with Gasteiger partial charge in [0.25, 0.3) is 0 Å². The first-order valence-corrected chi connectivity index (χ1v) is 4.02. The smallest absolute Gasteiger partial charge is 0.0101 e. The third-order valence-corrected chi connectivity index (χ3v) is 2.52. The molecule has 0 saturated carbocycles. The maximum absolute atomic E-state index is 4.49. The van der Waals surface area contributed by atoms with E-state index in [-0.39, 0.29) is 4.75 Å². The van der Waals surface area contributed by atoms with E-state index in [1.54, 1.807) is 0 Å². The monoisotopic (exact) mass is 146 g/mol. The topological polar surface area (TPSA) is 0 Å². The Morgan fingerprint density at radius 3 is 1.44 bits per heavy atom. The molecule has 0 fully saturated rings. The van der Waals surface area contributed by atoms with Crippen LogP contribution in [0.3, 0.4) is 0 Å². The molecule has 0 N–H and O–H groups in total. The SMILES string of the molecule is CC(C)C(C)C(C)(C)S. The maximum atomic E-state index is 4.49. The van der Waals surface area contributed by atoms with Crippen LogP contribution in [0.1, 0.15) is 34.6 Å². The lowest BCUT2D eigenvalue weighted by molar-refractivity contribution is 0.348. The molecule has 0 rings (SSSR count). The second kappa shape index (κ2) is 2.96. The quantitative estimate of drug-likeness (QED) is 0.569. The molecule has 0 aliphatic heterocycles. The van der Waals surface area contributed by atoms with E-state index in [9.17, 15) is 0 Å². The van der Waals surface area contributed by atoms with Crippen LogP contribution < -0.4 is 0 Å². The molecule has 56 valence electrons. The summed E-state index contributed by atoms with van der Waals surface area (Å²) in [4.78, 5) is 0. The summed E-state index contributed by atoms with van der Waals surface area (Å²) in [5.74, 6) is 1.42. The van der Waals surface area contributed by atoms with E-state index in [1.807, 2.05) is 0 Å². The lowest BCUT2D eigenvalue weighted by Crippen LogP contribution is -2.26. The van der Waals surface area contributed by atoms with Crippen molar-refractivity contribution in [3.8, 4) is 0 Å². The van der Waals surface area contributed by atoms with E-state index in [0.717, 1.165) is 5.92 Å². The molecule has 0 heterocycles. The van der Waals surface area contributed by atoms with Gasteiger partial charge in [-0.25, -0.2) is 0 Å². The first-order valence-electron chi connectivity index (χ1n) is 3.58. The Hall–Kier alpha value is 0.350. The fraction of sp³-hybridized carbons (Fsp3) is 1.00. The van der Waals surface area contributed by atoms with E-state index in [1.165, 1.54) is 0 Å². The number of hydrogen-bond donors (Lipinski definition) is 1. The molecule has 0 aromatic heterocycles. The molecule has 0 nitrogen and oxygen atoms in total. The van der Waals surface area contributed by atoms with Gasteiger partial charge < -0.3 is 0 Å². The molecule has 0 aliphatic carbocycles. The Morgan fingerprint density at radius 1 is 1.11 bits per heavy atom. The van der Waals surface area contributed by atoms with E-state index in [4.69, 9.17) is 0 Å². The minimum atomic E-state index is 0.175. The van der Waals surface area contributed by atoms with Crippen LogP contribution in [0.15, 0.2) is 0 Å². The summed E-state index contributed by atoms with van der Waals surface area (Å²) in [6.07, 6.45) is 0. The molecule has 0 amide bonds. The summed E-state index contributed by atoms with van der Waals surface area (Å²) in [6.45, 7) is 11.1. The Morgan fingerprint density at radius 2 is 1.44 bits per heavy atom. The maximum Gasteiger partial charge on any atom is 0.0101 e. The summed E-state index contributed by atoms with van der Waals surface area (Å²) < 4.78 is 0.175. The average molecular weight is 146 g/mol. The largest absolute Gasteiger partial charge is 0.173 e. The molecule has 0 aliphatic rings. The molecule has 0 saturated heterocycles. The number of rotatable bonds is 2. The van der Waals surface area contributed by atoms with Gasteiger partial charge in [0.1, 0.15) is 0 Å². The van der Waals surface area contributed by atoms with Gasteiger partial charge in [0.15, 0.2) is 0 Å². The van der Waals surface area contributed by atoms with Crippen LogP contribution in [0.2, 0.25) is 0 Å². The predicted octanol–water partition coefficient (Wildman–Crippen LogP) is 2.99. The minimum absolute atomic E-state index is 0.175. The van der Waals surface area contributed by atoms with E-state index >= 15 is 0 Å². The Labute approximate surface area is 64.4 Å². The van der Waals surface area contributed by atoms with Crippen molar-refractivity contribution in [1.29, 1.82) is 0 Å². The van der Waals surface area contributed by atoms with Gasteiger partial charge >= 0.3 is 0 Å². The van der Waals surface area contributed by atoms with Crippen LogP contribution in [0.25, 0.3) is 0 Å². The summed E-state index contributed by atoms with van der Waals surface area (Å²) in [5.41, 5.74) is 0. The molecule has 1 unspecified atom stereocenters. The fourth-order valence-corrected chi connectivity index (χ4v) is 1.11. The Bertz CT molecular complexity index is 79.1. The van der Waals surface area contributed by atoms with Crippen molar-refractivity contribution in [3.63, 3.8) is 0 Å². The van der Waals surface area contributed by atoms with Crippen LogP contribution in [0.4, 0.5) is 0 Å². The zero-order chi connectivity index (χ0) is 7.65. The van der Waals surface area contributed by atoms with Gasteiger partial charge in [-0.1, -0.05) is 34.6 Å². The first-order chi connectivity index (χ1) is 3.85. The molecule has 0 aromatic rings. The van der Waals surface area contributed by atoms with E-state index in [2.05, 4.69) is 47.2 Å². The highest BCUT2D eigenvalue weighted by Crippen LogP contribution is 2.28. The average Bonchev–Trinajstić information content (AvgIpc) is 1.62. The molecule has 9 heavy (non-hydrogen) atoms. The number of hydrogen-bond acceptors (Lipinski definition) is 1. The van der Waals surface area contributed by atoms with Crippen LogP contribution in [0, 0.1) is 11.8 Å². The van der Waals surface area contributed by atoms with Gasteiger partial charge in [0.05, 0.1) is 0 Å². The minimum Gasteiger partial charge on any atom is -0.173 e. The second-order valence-electron chi connectivity index (χ2n) is 3.69. The zero-order valence-electron chi connectivity index (χ0n) is 7.10. The van der Waals surface area contributed by atoms with Gasteiger partial charge in [-0.15, -0.1) is 0 Å².